The van der Waals surface area contributed by atoms with Crippen molar-refractivity contribution in [3.8, 4) is 0 Å². The minimum Gasteiger partial charge on any atom is -0.381 e. The second-order valence-corrected chi connectivity index (χ2v) is 5.61. The van der Waals surface area contributed by atoms with Gasteiger partial charge in [-0.15, -0.1) is 0 Å². The summed E-state index contributed by atoms with van der Waals surface area (Å²) in [5.41, 5.74) is 3.00. The van der Waals surface area contributed by atoms with E-state index >= 15 is 0 Å². The number of nitrogens with one attached hydrogen (secondary N) is 2. The smallest absolute Gasteiger partial charge is 0.251 e. The van der Waals surface area contributed by atoms with Crippen LogP contribution in [0, 0.1) is 12.7 Å². The van der Waals surface area contributed by atoms with Crippen LogP contribution in [0.4, 0.5) is 10.1 Å². The van der Waals surface area contributed by atoms with E-state index in [4.69, 9.17) is 0 Å². The summed E-state index contributed by atoms with van der Waals surface area (Å²) >= 11 is 3.33. The van der Waals surface area contributed by atoms with Crippen molar-refractivity contribution in [2.24, 2.45) is 0 Å². The third kappa shape index (κ3) is 3.82. The van der Waals surface area contributed by atoms with E-state index in [2.05, 4.69) is 26.6 Å². The maximum atomic E-state index is 13.7. The van der Waals surface area contributed by atoms with E-state index < -0.39 is 0 Å². The van der Waals surface area contributed by atoms with Gasteiger partial charge in [-0.05, 0) is 48.9 Å². The summed E-state index contributed by atoms with van der Waals surface area (Å²) < 4.78 is 14.5. The third-order valence-corrected chi connectivity index (χ3v) is 3.69. The second-order valence-electron chi connectivity index (χ2n) is 4.70. The predicted molar refractivity (Wildman–Crippen MR) is 86.0 cm³/mol. The Balaban J connectivity index is 2.13. The molecular formula is C16H16BrFN2O. The fourth-order valence-electron chi connectivity index (χ4n) is 2.02. The van der Waals surface area contributed by atoms with Gasteiger partial charge in [0.25, 0.3) is 5.91 Å². The zero-order valence-electron chi connectivity index (χ0n) is 11.8. The summed E-state index contributed by atoms with van der Waals surface area (Å²) in [7, 11) is 1.60. The number of anilines is 1. The summed E-state index contributed by atoms with van der Waals surface area (Å²) in [6, 6.07) is 10.2. The van der Waals surface area contributed by atoms with E-state index in [1.54, 1.807) is 31.3 Å². The Bertz CT molecular complexity index is 673. The van der Waals surface area contributed by atoms with E-state index in [0.717, 1.165) is 15.7 Å². The summed E-state index contributed by atoms with van der Waals surface area (Å²) in [5, 5.41) is 5.77. The van der Waals surface area contributed by atoms with Crippen LogP contribution in [0.1, 0.15) is 21.5 Å². The molecule has 0 aliphatic heterocycles. The normalized spacial score (nSPS) is 10.3. The number of amides is 1. The van der Waals surface area contributed by atoms with Gasteiger partial charge in [-0.1, -0.05) is 15.9 Å². The molecule has 0 saturated carbocycles. The van der Waals surface area contributed by atoms with Gasteiger partial charge in [0.2, 0.25) is 0 Å². The first kappa shape index (κ1) is 15.5. The van der Waals surface area contributed by atoms with Crippen molar-refractivity contribution < 1.29 is 9.18 Å². The average molecular weight is 351 g/mol. The van der Waals surface area contributed by atoms with Crippen LogP contribution < -0.4 is 10.6 Å². The van der Waals surface area contributed by atoms with Crippen LogP contribution in [0.15, 0.2) is 40.9 Å². The van der Waals surface area contributed by atoms with Crippen molar-refractivity contribution in [2.45, 2.75) is 13.5 Å². The van der Waals surface area contributed by atoms with Gasteiger partial charge in [0.05, 0.1) is 0 Å². The van der Waals surface area contributed by atoms with Crippen LogP contribution in [0.3, 0.4) is 0 Å². The molecule has 0 saturated heterocycles. The molecule has 0 unspecified atom stereocenters. The van der Waals surface area contributed by atoms with Crippen molar-refractivity contribution in [3.05, 3.63) is 63.4 Å². The van der Waals surface area contributed by atoms with Crippen LogP contribution in [0.2, 0.25) is 0 Å². The lowest BCUT2D eigenvalue weighted by Gasteiger charge is -2.12. The Labute approximate surface area is 131 Å². The Morgan fingerprint density at radius 3 is 2.67 bits per heavy atom. The molecule has 0 fully saturated rings. The minimum atomic E-state index is -0.245. The lowest BCUT2D eigenvalue weighted by molar-refractivity contribution is 0.0963. The number of hydrogen-bond acceptors (Lipinski definition) is 2. The topological polar surface area (TPSA) is 41.1 Å². The number of hydrogen-bond donors (Lipinski definition) is 2. The molecule has 5 heteroatoms. The maximum Gasteiger partial charge on any atom is 0.251 e. The van der Waals surface area contributed by atoms with Crippen LogP contribution in [0.25, 0.3) is 0 Å². The monoisotopic (exact) mass is 350 g/mol. The predicted octanol–water partition coefficient (Wildman–Crippen LogP) is 3.87. The molecule has 0 bridgehead atoms. The molecule has 0 aromatic heterocycles. The van der Waals surface area contributed by atoms with Gasteiger partial charge in [-0.25, -0.2) is 4.39 Å². The first-order valence-electron chi connectivity index (χ1n) is 6.52. The fourth-order valence-corrected chi connectivity index (χ4v) is 2.43. The van der Waals surface area contributed by atoms with Crippen LogP contribution >= 0.6 is 15.9 Å². The number of benzene rings is 2. The highest BCUT2D eigenvalue weighted by Crippen LogP contribution is 2.20. The number of rotatable bonds is 4. The largest absolute Gasteiger partial charge is 0.381 e. The van der Waals surface area contributed by atoms with Crippen molar-refractivity contribution in [1.82, 2.24) is 5.32 Å². The summed E-state index contributed by atoms with van der Waals surface area (Å²) in [6.45, 7) is 2.29. The molecule has 0 radical (unpaired) electrons. The highest BCUT2D eigenvalue weighted by Gasteiger charge is 2.07. The van der Waals surface area contributed by atoms with Gasteiger partial charge >= 0.3 is 0 Å². The first-order chi connectivity index (χ1) is 10.0. The molecule has 0 atom stereocenters. The lowest BCUT2D eigenvalue weighted by Crippen LogP contribution is -2.17. The highest BCUT2D eigenvalue weighted by atomic mass is 79.9. The minimum absolute atomic E-state index is 0.123. The summed E-state index contributed by atoms with van der Waals surface area (Å²) in [5.74, 6) is -0.368. The SMILES string of the molecule is CNC(=O)c1ccc(NCc2cc(Br)ccc2F)c(C)c1. The number of carbonyl (C=O) groups excluding carboxylic acids is 1. The van der Waals surface area contributed by atoms with E-state index in [0.29, 0.717) is 17.7 Å². The van der Waals surface area contributed by atoms with E-state index in [-0.39, 0.29) is 11.7 Å². The Morgan fingerprint density at radius 2 is 2.00 bits per heavy atom. The zero-order valence-corrected chi connectivity index (χ0v) is 13.4. The molecule has 0 heterocycles. The maximum absolute atomic E-state index is 13.7. The number of halogens is 2. The van der Waals surface area contributed by atoms with Crippen LogP contribution in [-0.4, -0.2) is 13.0 Å². The molecule has 2 N–H and O–H groups in total. The Hall–Kier alpha value is -1.88. The fraction of sp³-hybridized carbons (Fsp3) is 0.188. The van der Waals surface area contributed by atoms with Crippen LogP contribution in [-0.2, 0) is 6.54 Å². The molecule has 110 valence electrons. The number of carbonyl (C=O) groups is 1. The van der Waals surface area contributed by atoms with Crippen LogP contribution in [0.5, 0.6) is 0 Å². The summed E-state index contributed by atoms with van der Waals surface area (Å²) in [6.07, 6.45) is 0. The zero-order chi connectivity index (χ0) is 15.4. The molecular weight excluding hydrogens is 335 g/mol. The number of aryl methyl sites for hydroxylation is 1. The standard InChI is InChI=1S/C16H16BrFN2O/c1-10-7-11(16(21)19-2)3-6-15(10)20-9-12-8-13(17)4-5-14(12)18/h3-8,20H,9H2,1-2H3,(H,19,21). The highest BCUT2D eigenvalue weighted by molar-refractivity contribution is 9.10. The van der Waals surface area contributed by atoms with Gasteiger partial charge in [0, 0.05) is 34.9 Å². The molecule has 21 heavy (non-hydrogen) atoms. The van der Waals surface area contributed by atoms with Gasteiger partial charge in [0.1, 0.15) is 5.82 Å². The van der Waals surface area contributed by atoms with Crippen molar-refractivity contribution >= 4 is 27.5 Å². The summed E-state index contributed by atoms with van der Waals surface area (Å²) in [4.78, 5) is 11.6. The van der Waals surface area contributed by atoms with Crippen molar-refractivity contribution in [1.29, 1.82) is 0 Å². The molecule has 0 aliphatic carbocycles. The van der Waals surface area contributed by atoms with Crippen molar-refractivity contribution in [2.75, 3.05) is 12.4 Å². The Morgan fingerprint density at radius 1 is 1.24 bits per heavy atom. The van der Waals surface area contributed by atoms with E-state index in [9.17, 15) is 9.18 Å². The van der Waals surface area contributed by atoms with E-state index in [1.165, 1.54) is 6.07 Å². The molecule has 3 nitrogen and oxygen atoms in total. The third-order valence-electron chi connectivity index (χ3n) is 3.19. The second kappa shape index (κ2) is 6.72. The molecule has 2 aromatic rings. The Kier molecular flexibility index (Phi) is 4.96. The van der Waals surface area contributed by atoms with Gasteiger partial charge in [-0.3, -0.25) is 4.79 Å². The lowest BCUT2D eigenvalue weighted by atomic mass is 10.1. The first-order valence-corrected chi connectivity index (χ1v) is 7.31. The molecule has 2 aromatic carbocycles. The molecule has 0 spiro atoms. The van der Waals surface area contributed by atoms with E-state index in [1.807, 2.05) is 13.0 Å². The van der Waals surface area contributed by atoms with Gasteiger partial charge in [-0.2, -0.15) is 0 Å². The molecule has 0 aliphatic rings. The van der Waals surface area contributed by atoms with Gasteiger partial charge < -0.3 is 10.6 Å². The quantitative estimate of drug-likeness (QED) is 0.878. The molecule has 1 amide bonds. The van der Waals surface area contributed by atoms with Gasteiger partial charge in [0.15, 0.2) is 0 Å². The molecule has 2 rings (SSSR count). The average Bonchev–Trinajstić information content (AvgIpc) is 2.48. The van der Waals surface area contributed by atoms with Crippen molar-refractivity contribution in [3.63, 3.8) is 0 Å².